The number of rotatable bonds is 5. The van der Waals surface area contributed by atoms with E-state index in [-0.39, 0.29) is 11.9 Å². The number of carbonyl (C=O) groups excluding carboxylic acids is 1. The van der Waals surface area contributed by atoms with Crippen LogP contribution in [0, 0.1) is 6.92 Å². The van der Waals surface area contributed by atoms with Crippen LogP contribution in [0.5, 0.6) is 0 Å². The molecule has 0 saturated carbocycles. The number of fused-ring (bicyclic) bond motifs is 1. The van der Waals surface area contributed by atoms with Gasteiger partial charge in [0, 0.05) is 49.4 Å². The molecule has 0 aliphatic carbocycles. The second-order valence-corrected chi connectivity index (χ2v) is 8.01. The zero-order chi connectivity index (χ0) is 20.2. The number of hydrogen-bond acceptors (Lipinski definition) is 3. The molecule has 0 N–H and O–H groups in total. The molecule has 4 heteroatoms. The summed E-state index contributed by atoms with van der Waals surface area (Å²) in [5.41, 5.74) is 4.89. The van der Waals surface area contributed by atoms with Crippen LogP contribution in [0.15, 0.2) is 60.8 Å². The molecule has 4 nitrogen and oxygen atoms in total. The fraction of sp³-hybridized carbons (Fsp3) is 0.360. The number of anilines is 1. The summed E-state index contributed by atoms with van der Waals surface area (Å²) in [6.07, 6.45) is 4.21. The second kappa shape index (κ2) is 8.64. The van der Waals surface area contributed by atoms with Crippen molar-refractivity contribution >= 4 is 22.5 Å². The van der Waals surface area contributed by atoms with Crippen LogP contribution in [0.25, 0.3) is 10.9 Å². The Bertz CT molecular complexity index is 995. The van der Waals surface area contributed by atoms with Gasteiger partial charge in [-0.3, -0.25) is 9.78 Å². The number of piperazine rings is 1. The minimum absolute atomic E-state index is 0.234. The van der Waals surface area contributed by atoms with Crippen LogP contribution >= 0.6 is 0 Å². The maximum absolute atomic E-state index is 12.9. The lowest BCUT2D eigenvalue weighted by atomic mass is 10.0. The van der Waals surface area contributed by atoms with Crippen molar-refractivity contribution in [2.45, 2.75) is 39.2 Å². The number of nitrogens with zero attached hydrogens (tertiary/aromatic N) is 3. The van der Waals surface area contributed by atoms with Crippen LogP contribution in [0.3, 0.4) is 0 Å². The summed E-state index contributed by atoms with van der Waals surface area (Å²) in [6, 6.07) is 19.1. The zero-order valence-electron chi connectivity index (χ0n) is 17.3. The number of amides is 1. The first-order valence-corrected chi connectivity index (χ1v) is 10.6. The van der Waals surface area contributed by atoms with Gasteiger partial charge in [0.15, 0.2) is 0 Å². The van der Waals surface area contributed by atoms with Crippen molar-refractivity contribution < 1.29 is 4.79 Å². The summed E-state index contributed by atoms with van der Waals surface area (Å²) in [4.78, 5) is 21.8. The molecule has 1 atom stereocenters. The zero-order valence-corrected chi connectivity index (χ0v) is 17.3. The van der Waals surface area contributed by atoms with Gasteiger partial charge in [0.1, 0.15) is 0 Å². The summed E-state index contributed by atoms with van der Waals surface area (Å²) in [5, 5.41) is 1.20. The lowest BCUT2D eigenvalue weighted by molar-refractivity contribution is -0.133. The molecule has 3 aromatic rings. The van der Waals surface area contributed by atoms with E-state index in [1.54, 1.807) is 0 Å². The molecule has 1 amide bonds. The Balaban J connectivity index is 1.33. The normalized spacial score (nSPS) is 17.0. The number of aromatic nitrogens is 1. The fourth-order valence-electron chi connectivity index (χ4n) is 4.42. The molecule has 1 saturated heterocycles. The third kappa shape index (κ3) is 4.26. The molecule has 4 rings (SSSR count). The first-order valence-electron chi connectivity index (χ1n) is 10.6. The lowest BCUT2D eigenvalue weighted by Gasteiger charge is -2.41. The first kappa shape index (κ1) is 19.4. The highest BCUT2D eigenvalue weighted by Crippen LogP contribution is 2.24. The molecule has 1 aliphatic heterocycles. The summed E-state index contributed by atoms with van der Waals surface area (Å²) < 4.78 is 0. The SMILES string of the molecule is Cc1ccccc1N1CCN(C(=O)CCCc2cccc3ncccc23)[C@@H](C)C1. The third-order valence-corrected chi connectivity index (χ3v) is 5.98. The molecule has 150 valence electrons. The van der Waals surface area contributed by atoms with Crippen LogP contribution in [0.1, 0.15) is 30.9 Å². The molecular weight excluding hydrogens is 358 g/mol. The van der Waals surface area contributed by atoms with Crippen LogP contribution in [-0.2, 0) is 11.2 Å². The van der Waals surface area contributed by atoms with E-state index in [9.17, 15) is 4.79 Å². The molecule has 0 spiro atoms. The predicted molar refractivity (Wildman–Crippen MR) is 119 cm³/mol. The minimum Gasteiger partial charge on any atom is -0.367 e. The van der Waals surface area contributed by atoms with Gasteiger partial charge in [-0.25, -0.2) is 0 Å². The van der Waals surface area contributed by atoms with Gasteiger partial charge in [0.25, 0.3) is 0 Å². The van der Waals surface area contributed by atoms with Crippen molar-refractivity contribution in [3.05, 3.63) is 71.9 Å². The monoisotopic (exact) mass is 387 g/mol. The number of aryl methyl sites for hydroxylation is 2. The topological polar surface area (TPSA) is 36.4 Å². The van der Waals surface area contributed by atoms with Gasteiger partial charge in [0.05, 0.1) is 5.52 Å². The Labute approximate surface area is 173 Å². The number of benzene rings is 2. The van der Waals surface area contributed by atoms with E-state index in [0.29, 0.717) is 6.42 Å². The molecule has 2 heterocycles. The summed E-state index contributed by atoms with van der Waals surface area (Å²) >= 11 is 0. The van der Waals surface area contributed by atoms with Crippen LogP contribution in [-0.4, -0.2) is 41.5 Å². The molecule has 1 aromatic heterocycles. The molecule has 0 unspecified atom stereocenters. The van der Waals surface area contributed by atoms with Gasteiger partial charge < -0.3 is 9.80 Å². The van der Waals surface area contributed by atoms with Crippen molar-refractivity contribution in [3.8, 4) is 0 Å². The van der Waals surface area contributed by atoms with Crippen LogP contribution in [0.4, 0.5) is 5.69 Å². The third-order valence-electron chi connectivity index (χ3n) is 5.98. The summed E-state index contributed by atoms with van der Waals surface area (Å²) in [7, 11) is 0. The maximum Gasteiger partial charge on any atom is 0.222 e. The van der Waals surface area contributed by atoms with E-state index in [0.717, 1.165) is 38.0 Å². The van der Waals surface area contributed by atoms with Gasteiger partial charge in [-0.15, -0.1) is 0 Å². The van der Waals surface area contributed by atoms with Gasteiger partial charge >= 0.3 is 0 Å². The summed E-state index contributed by atoms with van der Waals surface area (Å²) in [6.45, 7) is 6.91. The van der Waals surface area contributed by atoms with Crippen molar-refractivity contribution in [2.75, 3.05) is 24.5 Å². The first-order chi connectivity index (χ1) is 14.1. The maximum atomic E-state index is 12.9. The largest absolute Gasteiger partial charge is 0.367 e. The number of hydrogen-bond donors (Lipinski definition) is 0. The lowest BCUT2D eigenvalue weighted by Crippen LogP contribution is -2.54. The van der Waals surface area contributed by atoms with Crippen molar-refractivity contribution in [2.24, 2.45) is 0 Å². The van der Waals surface area contributed by atoms with Crippen molar-refractivity contribution in [1.29, 1.82) is 0 Å². The minimum atomic E-state index is 0.234. The predicted octanol–water partition coefficient (Wildman–Crippen LogP) is 4.60. The van der Waals surface area contributed by atoms with Gasteiger partial charge in [-0.2, -0.15) is 0 Å². The Morgan fingerprint density at radius 2 is 1.93 bits per heavy atom. The van der Waals surface area contributed by atoms with Crippen molar-refractivity contribution in [1.82, 2.24) is 9.88 Å². The average molecular weight is 388 g/mol. The van der Waals surface area contributed by atoms with Crippen LogP contribution in [0.2, 0.25) is 0 Å². The molecule has 2 aromatic carbocycles. The van der Waals surface area contributed by atoms with Crippen molar-refractivity contribution in [3.63, 3.8) is 0 Å². The standard InChI is InChI=1S/C25H29N3O/c1-19-8-3-4-13-24(19)27-16-17-28(20(2)18-27)25(29)14-6-10-21-9-5-12-23-22(21)11-7-15-26-23/h3-5,7-9,11-13,15,20H,6,10,14,16-18H2,1-2H3/t20-/m0/s1. The van der Waals surface area contributed by atoms with E-state index >= 15 is 0 Å². The van der Waals surface area contributed by atoms with E-state index < -0.39 is 0 Å². The Hall–Kier alpha value is -2.88. The second-order valence-electron chi connectivity index (χ2n) is 8.01. The van der Waals surface area contributed by atoms with Gasteiger partial charge in [-0.05, 0) is 56.0 Å². The molecule has 0 bridgehead atoms. The molecule has 1 aliphatic rings. The van der Waals surface area contributed by atoms with E-state index in [1.165, 1.54) is 22.2 Å². The Morgan fingerprint density at radius 3 is 2.76 bits per heavy atom. The highest BCUT2D eigenvalue weighted by Gasteiger charge is 2.27. The average Bonchev–Trinajstić information content (AvgIpc) is 2.74. The molecule has 0 radical (unpaired) electrons. The summed E-state index contributed by atoms with van der Waals surface area (Å²) in [5.74, 6) is 0.278. The van der Waals surface area contributed by atoms with E-state index in [2.05, 4.69) is 71.1 Å². The molecule has 1 fully saturated rings. The Kier molecular flexibility index (Phi) is 5.79. The highest BCUT2D eigenvalue weighted by molar-refractivity contribution is 5.82. The number of pyridine rings is 1. The van der Waals surface area contributed by atoms with Gasteiger partial charge in [0.2, 0.25) is 5.91 Å². The van der Waals surface area contributed by atoms with Crippen LogP contribution < -0.4 is 4.90 Å². The quantitative estimate of drug-likeness (QED) is 0.642. The highest BCUT2D eigenvalue weighted by atomic mass is 16.2. The number of carbonyl (C=O) groups is 1. The smallest absolute Gasteiger partial charge is 0.222 e. The fourth-order valence-corrected chi connectivity index (χ4v) is 4.42. The van der Waals surface area contributed by atoms with E-state index in [4.69, 9.17) is 0 Å². The molecule has 29 heavy (non-hydrogen) atoms. The molecular formula is C25H29N3O. The Morgan fingerprint density at radius 1 is 1.07 bits per heavy atom. The van der Waals surface area contributed by atoms with E-state index in [1.807, 2.05) is 18.3 Å². The number of para-hydroxylation sites is 1. The van der Waals surface area contributed by atoms with Gasteiger partial charge in [-0.1, -0.05) is 36.4 Å².